The lowest BCUT2D eigenvalue weighted by Crippen LogP contribution is -2.54. The summed E-state index contributed by atoms with van der Waals surface area (Å²) in [6, 6.07) is 23.1. The third-order valence-electron chi connectivity index (χ3n) is 6.04. The second-order valence-corrected chi connectivity index (χ2v) is 9.60. The van der Waals surface area contributed by atoms with E-state index in [4.69, 9.17) is 21.7 Å². The first-order chi connectivity index (χ1) is 18.4. The minimum absolute atomic E-state index is 0.0535. The van der Waals surface area contributed by atoms with Crippen LogP contribution in [0.4, 0.5) is 10.1 Å². The van der Waals surface area contributed by atoms with Gasteiger partial charge in [0.25, 0.3) is 11.8 Å². The van der Waals surface area contributed by atoms with Gasteiger partial charge >= 0.3 is 0 Å². The Morgan fingerprint density at radius 1 is 1.00 bits per heavy atom. The number of para-hydroxylation sites is 1. The van der Waals surface area contributed by atoms with E-state index in [1.54, 1.807) is 18.2 Å². The number of rotatable bonds is 6. The number of nitrogens with one attached hydrogen (secondary N) is 1. The predicted octanol–water partition coefficient (Wildman–Crippen LogP) is 6.16. The van der Waals surface area contributed by atoms with Crippen LogP contribution < -0.4 is 19.7 Å². The monoisotopic (exact) mass is 590 g/mol. The predicted molar refractivity (Wildman–Crippen MR) is 152 cm³/mol. The Morgan fingerprint density at radius 2 is 1.74 bits per heavy atom. The minimum Gasteiger partial charge on any atom is -0.493 e. The van der Waals surface area contributed by atoms with E-state index < -0.39 is 17.6 Å². The number of ether oxygens (including phenoxy) is 2. The molecule has 4 aromatic carbocycles. The molecule has 0 spiro atoms. The molecule has 9 heteroatoms. The van der Waals surface area contributed by atoms with E-state index >= 15 is 0 Å². The molecular weight excluding hydrogens is 571 g/mol. The average Bonchev–Trinajstić information content (AvgIpc) is 2.91. The molecule has 5 rings (SSSR count). The lowest BCUT2D eigenvalue weighted by molar-refractivity contribution is -0.122. The van der Waals surface area contributed by atoms with Crippen molar-refractivity contribution in [3.05, 3.63) is 106 Å². The summed E-state index contributed by atoms with van der Waals surface area (Å²) in [6.45, 7) is 0.306. The van der Waals surface area contributed by atoms with Crippen molar-refractivity contribution in [3.8, 4) is 11.5 Å². The summed E-state index contributed by atoms with van der Waals surface area (Å²) in [5.41, 5.74) is 1.23. The van der Waals surface area contributed by atoms with Crippen molar-refractivity contribution < 1.29 is 23.5 Å². The zero-order valence-electron chi connectivity index (χ0n) is 20.0. The van der Waals surface area contributed by atoms with E-state index in [9.17, 15) is 14.0 Å². The Hall–Kier alpha value is -4.08. The van der Waals surface area contributed by atoms with E-state index in [1.165, 1.54) is 31.4 Å². The summed E-state index contributed by atoms with van der Waals surface area (Å²) in [5.74, 6) is -1.19. The van der Waals surface area contributed by atoms with Crippen LogP contribution in [0.3, 0.4) is 0 Å². The number of benzene rings is 4. The zero-order chi connectivity index (χ0) is 26.8. The van der Waals surface area contributed by atoms with Gasteiger partial charge in [0.05, 0.1) is 12.8 Å². The van der Waals surface area contributed by atoms with E-state index in [0.717, 1.165) is 21.2 Å². The van der Waals surface area contributed by atoms with Crippen LogP contribution in [0.1, 0.15) is 11.1 Å². The van der Waals surface area contributed by atoms with E-state index in [0.29, 0.717) is 28.1 Å². The molecule has 190 valence electrons. The summed E-state index contributed by atoms with van der Waals surface area (Å²) in [5, 5.41) is 4.47. The SMILES string of the molecule is COc1cc(/C=C2\C(=O)NC(=S)N(c3ccccc3F)C2=O)c(Br)cc1OCc1cccc2ccccc12. The van der Waals surface area contributed by atoms with Crippen LogP contribution in [0.15, 0.2) is 88.9 Å². The second-order valence-electron chi connectivity index (χ2n) is 8.36. The number of hydrogen-bond donors (Lipinski definition) is 1. The molecule has 1 N–H and O–H groups in total. The van der Waals surface area contributed by atoms with Crippen LogP contribution in [0.5, 0.6) is 11.5 Å². The van der Waals surface area contributed by atoms with Gasteiger partial charge in [-0.2, -0.15) is 0 Å². The van der Waals surface area contributed by atoms with Crippen molar-refractivity contribution >= 4 is 67.6 Å². The maximum atomic E-state index is 14.4. The van der Waals surface area contributed by atoms with Crippen molar-refractivity contribution in [1.29, 1.82) is 0 Å². The molecule has 4 aromatic rings. The summed E-state index contributed by atoms with van der Waals surface area (Å²) >= 11 is 8.66. The number of carbonyl (C=O) groups is 2. The number of amides is 2. The highest BCUT2D eigenvalue weighted by Gasteiger charge is 2.35. The number of methoxy groups -OCH3 is 1. The van der Waals surface area contributed by atoms with Crippen molar-refractivity contribution in [3.63, 3.8) is 0 Å². The molecule has 0 saturated carbocycles. The van der Waals surface area contributed by atoms with Gasteiger partial charge in [-0.1, -0.05) is 70.5 Å². The summed E-state index contributed by atoms with van der Waals surface area (Å²) in [4.78, 5) is 26.9. The van der Waals surface area contributed by atoms with Crippen molar-refractivity contribution in [2.24, 2.45) is 0 Å². The maximum absolute atomic E-state index is 14.4. The van der Waals surface area contributed by atoms with Gasteiger partial charge < -0.3 is 9.47 Å². The molecule has 1 saturated heterocycles. The molecule has 1 aliphatic heterocycles. The molecule has 0 aliphatic carbocycles. The molecule has 0 unspecified atom stereocenters. The molecule has 0 bridgehead atoms. The van der Waals surface area contributed by atoms with Gasteiger partial charge in [0.15, 0.2) is 16.6 Å². The van der Waals surface area contributed by atoms with Crippen LogP contribution in [0, 0.1) is 5.82 Å². The first kappa shape index (κ1) is 25.6. The third-order valence-corrected chi connectivity index (χ3v) is 7.01. The van der Waals surface area contributed by atoms with Gasteiger partial charge in [-0.05, 0) is 64.5 Å². The number of thiocarbonyl (C=S) groups is 1. The molecule has 1 fully saturated rings. The maximum Gasteiger partial charge on any atom is 0.270 e. The second kappa shape index (κ2) is 10.7. The smallest absolute Gasteiger partial charge is 0.270 e. The normalized spacial score (nSPS) is 14.7. The summed E-state index contributed by atoms with van der Waals surface area (Å²) < 4.78 is 26.6. The largest absolute Gasteiger partial charge is 0.493 e. The third kappa shape index (κ3) is 4.90. The van der Waals surface area contributed by atoms with Crippen LogP contribution in [-0.4, -0.2) is 24.0 Å². The molecular formula is C29H20BrFN2O4S. The summed E-state index contributed by atoms with van der Waals surface area (Å²) in [6.07, 6.45) is 1.40. The Morgan fingerprint density at radius 3 is 2.53 bits per heavy atom. The van der Waals surface area contributed by atoms with Crippen molar-refractivity contribution in [2.75, 3.05) is 12.0 Å². The molecule has 0 atom stereocenters. The van der Waals surface area contributed by atoms with E-state index in [-0.39, 0.29) is 16.4 Å². The van der Waals surface area contributed by atoms with Gasteiger partial charge in [-0.25, -0.2) is 9.29 Å². The standard InChI is InChI=1S/C29H20BrFN2O4S/c1-36-25-14-19(13-21-27(34)32-29(38)33(28(21)35)24-12-5-4-11-23(24)31)22(30)15-26(25)37-16-18-9-6-8-17-7-2-3-10-20(17)18/h2-15H,16H2,1H3,(H,32,34,38)/b21-13+. The zero-order valence-corrected chi connectivity index (χ0v) is 22.4. The highest BCUT2D eigenvalue weighted by Crippen LogP contribution is 2.36. The molecule has 2 amide bonds. The lowest BCUT2D eigenvalue weighted by atomic mass is 10.1. The quantitative estimate of drug-likeness (QED) is 0.165. The summed E-state index contributed by atoms with van der Waals surface area (Å²) in [7, 11) is 1.50. The van der Waals surface area contributed by atoms with Gasteiger partial charge in [0.2, 0.25) is 0 Å². The van der Waals surface area contributed by atoms with Crippen LogP contribution in [-0.2, 0) is 16.2 Å². The average molecular weight is 591 g/mol. The Kier molecular flexibility index (Phi) is 7.22. The highest BCUT2D eigenvalue weighted by atomic mass is 79.9. The molecule has 1 heterocycles. The number of fused-ring (bicyclic) bond motifs is 1. The van der Waals surface area contributed by atoms with Gasteiger partial charge in [0.1, 0.15) is 18.0 Å². The number of nitrogens with zero attached hydrogens (tertiary/aromatic N) is 1. The van der Waals surface area contributed by atoms with Crippen LogP contribution >= 0.6 is 28.1 Å². The number of anilines is 1. The number of hydrogen-bond acceptors (Lipinski definition) is 5. The molecule has 38 heavy (non-hydrogen) atoms. The molecule has 1 aliphatic rings. The van der Waals surface area contributed by atoms with Gasteiger partial charge in [-0.15, -0.1) is 0 Å². The number of halogens is 2. The van der Waals surface area contributed by atoms with Gasteiger partial charge in [0, 0.05) is 4.47 Å². The Bertz CT molecular complexity index is 1630. The molecule has 6 nitrogen and oxygen atoms in total. The fraction of sp³-hybridized carbons (Fsp3) is 0.0690. The van der Waals surface area contributed by atoms with E-state index in [1.807, 2.05) is 42.5 Å². The Labute approximate surface area is 231 Å². The minimum atomic E-state index is -0.744. The molecule has 0 radical (unpaired) electrons. The lowest BCUT2D eigenvalue weighted by Gasteiger charge is -2.29. The van der Waals surface area contributed by atoms with Gasteiger partial charge in [-0.3, -0.25) is 14.9 Å². The van der Waals surface area contributed by atoms with E-state index in [2.05, 4.69) is 21.2 Å². The Balaban J connectivity index is 1.46. The topological polar surface area (TPSA) is 67.9 Å². The van der Waals surface area contributed by atoms with Crippen LogP contribution in [0.25, 0.3) is 16.8 Å². The van der Waals surface area contributed by atoms with Crippen molar-refractivity contribution in [1.82, 2.24) is 5.32 Å². The first-order valence-corrected chi connectivity index (χ1v) is 12.7. The highest BCUT2D eigenvalue weighted by molar-refractivity contribution is 9.10. The fourth-order valence-corrected chi connectivity index (χ4v) is 4.88. The number of carbonyl (C=O) groups excluding carboxylic acids is 2. The fourth-order valence-electron chi connectivity index (χ4n) is 4.17. The molecule has 0 aromatic heterocycles. The first-order valence-electron chi connectivity index (χ1n) is 11.5. The van der Waals surface area contributed by atoms with Crippen molar-refractivity contribution in [2.45, 2.75) is 6.61 Å². The van der Waals surface area contributed by atoms with Crippen LogP contribution in [0.2, 0.25) is 0 Å².